The largest absolute Gasteiger partial charge is 0.478 e. The van der Waals surface area contributed by atoms with Crippen LogP contribution in [-0.4, -0.2) is 22.2 Å². The van der Waals surface area contributed by atoms with Crippen molar-refractivity contribution in [2.24, 2.45) is 0 Å². The molecule has 2 N–H and O–H groups in total. The number of benzene rings is 4. The van der Waals surface area contributed by atoms with E-state index < -0.39 is 11.9 Å². The lowest BCUT2D eigenvalue weighted by molar-refractivity contribution is 0.0686. The molecule has 0 aromatic heterocycles. The van der Waals surface area contributed by atoms with Gasteiger partial charge < -0.3 is 10.2 Å². The van der Waals surface area contributed by atoms with Crippen LogP contribution in [0.1, 0.15) is 31.8 Å². The van der Waals surface area contributed by atoms with Crippen molar-refractivity contribution in [3.05, 3.63) is 119 Å². The van der Waals surface area contributed by atoms with E-state index in [-0.39, 0.29) is 11.1 Å². The van der Waals surface area contributed by atoms with Crippen LogP contribution in [0.3, 0.4) is 0 Å². The minimum Gasteiger partial charge on any atom is -0.478 e. The zero-order valence-corrected chi connectivity index (χ0v) is 16.9. The highest BCUT2D eigenvalue weighted by molar-refractivity contribution is 6.03. The molecule has 0 aliphatic rings. The average Bonchev–Trinajstić information content (AvgIpc) is 2.83. The quantitative estimate of drug-likeness (QED) is 0.410. The van der Waals surface area contributed by atoms with Crippen molar-refractivity contribution in [2.45, 2.75) is 0 Å². The van der Waals surface area contributed by atoms with E-state index in [1.54, 1.807) is 30.3 Å². The molecule has 0 bridgehead atoms. The van der Waals surface area contributed by atoms with Gasteiger partial charge in [-0.25, -0.2) is 9.59 Å². The summed E-state index contributed by atoms with van der Waals surface area (Å²) in [5.74, 6) is 3.90. The van der Waals surface area contributed by atoms with Crippen LogP contribution in [0.4, 0.5) is 0 Å². The third-order valence-electron chi connectivity index (χ3n) is 5.05. The van der Waals surface area contributed by atoms with Gasteiger partial charge >= 0.3 is 11.9 Å². The van der Waals surface area contributed by atoms with Crippen molar-refractivity contribution in [1.29, 1.82) is 0 Å². The number of carboxylic acids is 2. The van der Waals surface area contributed by atoms with Gasteiger partial charge in [-0.05, 0) is 41.0 Å². The van der Waals surface area contributed by atoms with Crippen LogP contribution in [0.15, 0.2) is 97.1 Å². The molecule has 4 heteroatoms. The fourth-order valence-corrected chi connectivity index (χ4v) is 3.62. The van der Waals surface area contributed by atoms with Crippen LogP contribution in [0.2, 0.25) is 0 Å². The van der Waals surface area contributed by atoms with Gasteiger partial charge in [0.1, 0.15) is 0 Å². The monoisotopic (exact) mass is 418 g/mol. The first-order valence-corrected chi connectivity index (χ1v) is 9.91. The van der Waals surface area contributed by atoms with Gasteiger partial charge in [-0.15, -0.1) is 0 Å². The van der Waals surface area contributed by atoms with Crippen molar-refractivity contribution in [3.8, 4) is 34.1 Å². The number of aromatic carboxylic acids is 2. The minimum absolute atomic E-state index is 0.0608. The molecule has 0 radical (unpaired) electrons. The molecule has 0 aliphatic carbocycles. The summed E-state index contributed by atoms with van der Waals surface area (Å²) in [6.45, 7) is 0. The van der Waals surface area contributed by atoms with Gasteiger partial charge in [-0.3, -0.25) is 0 Å². The molecule has 32 heavy (non-hydrogen) atoms. The summed E-state index contributed by atoms with van der Waals surface area (Å²) in [7, 11) is 0. The van der Waals surface area contributed by atoms with Crippen molar-refractivity contribution in [2.75, 3.05) is 0 Å². The first-order chi connectivity index (χ1) is 15.6. The van der Waals surface area contributed by atoms with Crippen LogP contribution < -0.4 is 0 Å². The first kappa shape index (κ1) is 20.6. The summed E-state index contributed by atoms with van der Waals surface area (Å²) < 4.78 is 0. The predicted molar refractivity (Wildman–Crippen MR) is 124 cm³/mol. The van der Waals surface area contributed by atoms with E-state index >= 15 is 0 Å². The Kier molecular flexibility index (Phi) is 5.83. The normalized spacial score (nSPS) is 10.1. The van der Waals surface area contributed by atoms with Crippen LogP contribution in [0.25, 0.3) is 22.3 Å². The summed E-state index contributed by atoms with van der Waals surface area (Å²) in [5, 5.41) is 19.6. The topological polar surface area (TPSA) is 74.6 Å². The maximum atomic E-state index is 12.0. The lowest BCUT2D eigenvalue weighted by Gasteiger charge is -2.16. The molecular weight excluding hydrogens is 400 g/mol. The van der Waals surface area contributed by atoms with Gasteiger partial charge in [-0.1, -0.05) is 84.6 Å². The predicted octanol–water partition coefficient (Wildman–Crippen LogP) is 5.82. The van der Waals surface area contributed by atoms with Crippen molar-refractivity contribution >= 4 is 11.9 Å². The van der Waals surface area contributed by atoms with E-state index in [9.17, 15) is 19.8 Å². The molecule has 0 saturated heterocycles. The van der Waals surface area contributed by atoms with Crippen LogP contribution in [0.5, 0.6) is 0 Å². The highest BCUT2D eigenvalue weighted by Gasteiger charge is 2.20. The maximum absolute atomic E-state index is 12.0. The molecule has 0 atom stereocenters. The Morgan fingerprint density at radius 2 is 1.12 bits per heavy atom. The fourth-order valence-electron chi connectivity index (χ4n) is 3.62. The average molecular weight is 418 g/mol. The molecule has 0 saturated carbocycles. The molecule has 0 unspecified atom stereocenters. The van der Waals surface area contributed by atoms with Crippen molar-refractivity contribution in [3.63, 3.8) is 0 Å². The second-order valence-corrected chi connectivity index (χ2v) is 7.05. The smallest absolute Gasteiger partial charge is 0.336 e. The molecule has 4 aromatic rings. The first-order valence-electron chi connectivity index (χ1n) is 9.91. The highest BCUT2D eigenvalue weighted by atomic mass is 16.4. The Bertz CT molecular complexity index is 1360. The van der Waals surface area contributed by atoms with E-state index in [0.29, 0.717) is 22.3 Å². The highest BCUT2D eigenvalue weighted by Crippen LogP contribution is 2.37. The van der Waals surface area contributed by atoms with Crippen molar-refractivity contribution in [1.82, 2.24) is 0 Å². The lowest BCUT2D eigenvalue weighted by atomic mass is 9.87. The maximum Gasteiger partial charge on any atom is 0.336 e. The van der Waals surface area contributed by atoms with Gasteiger partial charge in [0.2, 0.25) is 0 Å². The van der Waals surface area contributed by atoms with Gasteiger partial charge in [0.15, 0.2) is 0 Å². The Hall–Kier alpha value is -4.62. The summed E-state index contributed by atoms with van der Waals surface area (Å²) in [6.07, 6.45) is 0. The zero-order chi connectivity index (χ0) is 22.5. The van der Waals surface area contributed by atoms with Gasteiger partial charge in [0.05, 0.1) is 11.1 Å². The number of carbonyl (C=O) groups is 2. The molecule has 0 spiro atoms. The van der Waals surface area contributed by atoms with Crippen LogP contribution in [-0.2, 0) is 0 Å². The van der Waals surface area contributed by atoms with Crippen LogP contribution >= 0.6 is 0 Å². The number of hydrogen-bond donors (Lipinski definition) is 2. The summed E-state index contributed by atoms with van der Waals surface area (Å²) in [4.78, 5) is 24.0. The molecule has 0 aliphatic heterocycles. The van der Waals surface area contributed by atoms with E-state index in [4.69, 9.17) is 0 Å². The minimum atomic E-state index is -1.10. The summed E-state index contributed by atoms with van der Waals surface area (Å²) in [5.41, 5.74) is 3.70. The zero-order valence-electron chi connectivity index (χ0n) is 16.9. The van der Waals surface area contributed by atoms with E-state index in [1.807, 2.05) is 60.7 Å². The molecule has 4 rings (SSSR count). The summed E-state index contributed by atoms with van der Waals surface area (Å²) >= 11 is 0. The molecule has 0 heterocycles. The number of carboxylic acid groups (broad SMARTS) is 2. The SMILES string of the molecule is O=C(O)c1cccc(-c2cccc(C(=O)O)c2-c2ccccc2)c1C#Cc1ccccc1. The molecule has 4 nitrogen and oxygen atoms in total. The number of rotatable bonds is 4. The van der Waals surface area contributed by atoms with Crippen molar-refractivity contribution < 1.29 is 19.8 Å². The third-order valence-corrected chi connectivity index (χ3v) is 5.05. The Morgan fingerprint density at radius 3 is 1.75 bits per heavy atom. The fraction of sp³-hybridized carbons (Fsp3) is 0. The Morgan fingerprint density at radius 1 is 0.562 bits per heavy atom. The lowest BCUT2D eigenvalue weighted by Crippen LogP contribution is -2.04. The summed E-state index contributed by atoms with van der Waals surface area (Å²) in [6, 6.07) is 28.4. The second kappa shape index (κ2) is 9.03. The van der Waals surface area contributed by atoms with Gasteiger partial charge in [0.25, 0.3) is 0 Å². The molecule has 0 fully saturated rings. The second-order valence-electron chi connectivity index (χ2n) is 7.05. The number of hydrogen-bond acceptors (Lipinski definition) is 2. The van der Waals surface area contributed by atoms with E-state index in [1.165, 1.54) is 6.07 Å². The Labute approximate surface area is 185 Å². The molecule has 4 aromatic carbocycles. The van der Waals surface area contributed by atoms with E-state index in [2.05, 4.69) is 11.8 Å². The molecule has 154 valence electrons. The molecular formula is C28H18O4. The standard InChI is InChI=1S/C28H18O4/c29-27(30)24-15-7-13-21(22(24)18-17-19-9-3-1-4-10-19)23-14-8-16-25(28(31)32)26(23)20-11-5-2-6-12-20/h1-16H,(H,29,30)(H,31,32). The molecule has 0 amide bonds. The van der Waals surface area contributed by atoms with Gasteiger partial charge in [0, 0.05) is 16.7 Å². The third kappa shape index (κ3) is 4.14. The Balaban J connectivity index is 2.03. The van der Waals surface area contributed by atoms with E-state index in [0.717, 1.165) is 11.1 Å². The van der Waals surface area contributed by atoms with Crippen LogP contribution in [0, 0.1) is 11.8 Å². The van der Waals surface area contributed by atoms with Gasteiger partial charge in [-0.2, -0.15) is 0 Å².